The first kappa shape index (κ1) is 16.4. The highest BCUT2D eigenvalue weighted by molar-refractivity contribution is 5.85. The summed E-state index contributed by atoms with van der Waals surface area (Å²) in [5.41, 5.74) is 1.67. The molecule has 1 nitrogen and oxygen atoms in total. The van der Waals surface area contributed by atoms with Crippen LogP contribution in [0.1, 0.15) is 30.9 Å². The summed E-state index contributed by atoms with van der Waals surface area (Å²) < 4.78 is 27.6. The molecule has 4 heteroatoms. The van der Waals surface area contributed by atoms with Crippen LogP contribution in [0.4, 0.5) is 14.5 Å². The van der Waals surface area contributed by atoms with E-state index in [2.05, 4.69) is 5.32 Å². The van der Waals surface area contributed by atoms with E-state index in [1.165, 1.54) is 12.1 Å². The number of halogens is 3. The fourth-order valence-corrected chi connectivity index (χ4v) is 2.04. The molecule has 0 aliphatic carbocycles. The summed E-state index contributed by atoms with van der Waals surface area (Å²) in [5, 5.41) is 3.03. The molecule has 0 aromatic heterocycles. The normalized spacial score (nSPS) is 10.2. The van der Waals surface area contributed by atoms with Gasteiger partial charge in [0.25, 0.3) is 0 Å². The average Bonchev–Trinajstić information content (AvgIpc) is 2.36. The van der Waals surface area contributed by atoms with Crippen LogP contribution in [0, 0.1) is 11.6 Å². The number of benzene rings is 2. The van der Waals surface area contributed by atoms with Crippen molar-refractivity contribution in [1.82, 2.24) is 0 Å². The summed E-state index contributed by atoms with van der Waals surface area (Å²) in [6.45, 7) is 4.10. The van der Waals surface area contributed by atoms with Gasteiger partial charge in [-0.2, -0.15) is 0 Å². The minimum Gasteiger partial charge on any atom is -0.381 e. The number of hydrogen-bond acceptors (Lipinski definition) is 1. The molecule has 0 saturated carbocycles. The van der Waals surface area contributed by atoms with E-state index in [9.17, 15) is 8.78 Å². The number of hydrogen-bond donors (Lipinski definition) is 1. The van der Waals surface area contributed by atoms with Crippen LogP contribution in [-0.4, -0.2) is 0 Å². The smallest absolute Gasteiger partial charge is 0.131 e. The lowest BCUT2D eigenvalue weighted by Gasteiger charge is -2.12. The molecule has 0 bridgehead atoms. The minimum absolute atomic E-state index is 0. The van der Waals surface area contributed by atoms with E-state index in [0.717, 1.165) is 5.56 Å². The molecule has 108 valence electrons. The first-order valence-corrected chi connectivity index (χ1v) is 6.34. The lowest BCUT2D eigenvalue weighted by atomic mass is 10.0. The second-order valence-electron chi connectivity index (χ2n) is 4.85. The second kappa shape index (κ2) is 7.25. The first-order chi connectivity index (χ1) is 9.08. The van der Waals surface area contributed by atoms with Crippen molar-refractivity contribution in [3.8, 4) is 0 Å². The average molecular weight is 298 g/mol. The Morgan fingerprint density at radius 3 is 2.05 bits per heavy atom. The Bertz CT molecular complexity index is 533. The van der Waals surface area contributed by atoms with Gasteiger partial charge >= 0.3 is 0 Å². The lowest BCUT2D eigenvalue weighted by molar-refractivity contribution is 0.542. The van der Waals surface area contributed by atoms with Gasteiger partial charge in [-0.1, -0.05) is 44.2 Å². The van der Waals surface area contributed by atoms with Crippen molar-refractivity contribution in [2.24, 2.45) is 0 Å². The molecule has 0 fully saturated rings. The van der Waals surface area contributed by atoms with E-state index in [0.29, 0.717) is 12.2 Å². The van der Waals surface area contributed by atoms with Crippen molar-refractivity contribution in [2.75, 3.05) is 5.32 Å². The molecule has 0 spiro atoms. The molecule has 2 aromatic rings. The molecule has 0 aliphatic heterocycles. The Labute approximate surface area is 124 Å². The van der Waals surface area contributed by atoms with Gasteiger partial charge in [-0.25, -0.2) is 8.78 Å². The summed E-state index contributed by atoms with van der Waals surface area (Å²) >= 11 is 0. The SMILES string of the molecule is CC(C)c1c(F)cc(NCc2ccccc2)cc1F.Cl. The molecule has 1 N–H and O–H groups in total. The molecule has 0 radical (unpaired) electrons. The van der Waals surface area contributed by atoms with Crippen molar-refractivity contribution in [1.29, 1.82) is 0 Å². The van der Waals surface area contributed by atoms with Crippen molar-refractivity contribution in [3.05, 3.63) is 65.2 Å². The van der Waals surface area contributed by atoms with Crippen molar-refractivity contribution < 1.29 is 8.78 Å². The Morgan fingerprint density at radius 2 is 1.55 bits per heavy atom. The van der Waals surface area contributed by atoms with Gasteiger partial charge in [0.1, 0.15) is 11.6 Å². The quantitative estimate of drug-likeness (QED) is 0.825. The molecule has 2 aromatic carbocycles. The minimum atomic E-state index is -0.495. The highest BCUT2D eigenvalue weighted by Gasteiger charge is 2.14. The number of anilines is 1. The second-order valence-corrected chi connectivity index (χ2v) is 4.85. The molecule has 2 rings (SSSR count). The summed E-state index contributed by atoms with van der Waals surface area (Å²) in [6, 6.07) is 12.4. The van der Waals surface area contributed by atoms with E-state index < -0.39 is 11.6 Å². The van der Waals surface area contributed by atoms with E-state index in [4.69, 9.17) is 0 Å². The van der Waals surface area contributed by atoms with Gasteiger partial charge in [-0.3, -0.25) is 0 Å². The van der Waals surface area contributed by atoms with Gasteiger partial charge in [0.2, 0.25) is 0 Å². The molecule has 0 saturated heterocycles. The van der Waals surface area contributed by atoms with Crippen molar-refractivity contribution >= 4 is 18.1 Å². The van der Waals surface area contributed by atoms with Crippen LogP contribution >= 0.6 is 12.4 Å². The Hall–Kier alpha value is -1.61. The molecule has 0 unspecified atom stereocenters. The van der Waals surface area contributed by atoms with Crippen LogP contribution in [0.15, 0.2) is 42.5 Å². The fraction of sp³-hybridized carbons (Fsp3) is 0.250. The summed E-state index contributed by atoms with van der Waals surface area (Å²) in [5.74, 6) is -1.15. The maximum atomic E-state index is 13.8. The van der Waals surface area contributed by atoms with Crippen LogP contribution < -0.4 is 5.32 Å². The molecule has 0 amide bonds. The van der Waals surface area contributed by atoms with Gasteiger partial charge in [-0.15, -0.1) is 12.4 Å². The lowest BCUT2D eigenvalue weighted by Crippen LogP contribution is -2.03. The zero-order chi connectivity index (χ0) is 13.8. The van der Waals surface area contributed by atoms with E-state index >= 15 is 0 Å². The van der Waals surface area contributed by atoms with Gasteiger partial charge in [-0.05, 0) is 23.6 Å². The molecular weight excluding hydrogens is 280 g/mol. The molecule has 0 atom stereocenters. The number of rotatable bonds is 4. The first-order valence-electron chi connectivity index (χ1n) is 6.34. The maximum absolute atomic E-state index is 13.8. The van der Waals surface area contributed by atoms with Gasteiger partial charge in [0.05, 0.1) is 0 Å². The molecular formula is C16H18ClF2N. The number of nitrogens with one attached hydrogen (secondary N) is 1. The van der Waals surface area contributed by atoms with Gasteiger partial charge < -0.3 is 5.32 Å². The molecule has 20 heavy (non-hydrogen) atoms. The fourth-order valence-electron chi connectivity index (χ4n) is 2.04. The Balaban J connectivity index is 0.00000200. The van der Waals surface area contributed by atoms with Gasteiger partial charge in [0, 0.05) is 17.8 Å². The summed E-state index contributed by atoms with van der Waals surface area (Å²) in [7, 11) is 0. The monoisotopic (exact) mass is 297 g/mol. The Morgan fingerprint density at radius 1 is 1.00 bits per heavy atom. The predicted octanol–water partition coefficient (Wildman–Crippen LogP) is 5.12. The van der Waals surface area contributed by atoms with E-state index in [1.807, 2.05) is 30.3 Å². The largest absolute Gasteiger partial charge is 0.381 e. The van der Waals surface area contributed by atoms with Crippen LogP contribution in [0.3, 0.4) is 0 Å². The summed E-state index contributed by atoms with van der Waals surface area (Å²) in [4.78, 5) is 0. The molecule has 0 heterocycles. The molecule has 0 aliphatic rings. The van der Waals surface area contributed by atoms with E-state index in [1.54, 1.807) is 13.8 Å². The Kier molecular flexibility index (Phi) is 5.96. The van der Waals surface area contributed by atoms with Crippen LogP contribution in [-0.2, 0) is 6.54 Å². The van der Waals surface area contributed by atoms with Crippen molar-refractivity contribution in [3.63, 3.8) is 0 Å². The topological polar surface area (TPSA) is 12.0 Å². The predicted molar refractivity (Wildman–Crippen MR) is 81.5 cm³/mol. The highest BCUT2D eigenvalue weighted by atomic mass is 35.5. The zero-order valence-corrected chi connectivity index (χ0v) is 12.3. The highest BCUT2D eigenvalue weighted by Crippen LogP contribution is 2.25. The third kappa shape index (κ3) is 3.94. The third-order valence-corrected chi connectivity index (χ3v) is 3.00. The standard InChI is InChI=1S/C16H17F2N.ClH/c1-11(2)16-14(17)8-13(9-15(16)18)19-10-12-6-4-3-5-7-12;/h3-9,11,19H,10H2,1-2H3;1H. The van der Waals surface area contributed by atoms with Crippen LogP contribution in [0.5, 0.6) is 0 Å². The third-order valence-electron chi connectivity index (χ3n) is 3.00. The van der Waals surface area contributed by atoms with Crippen LogP contribution in [0.2, 0.25) is 0 Å². The van der Waals surface area contributed by atoms with E-state index in [-0.39, 0.29) is 23.9 Å². The van der Waals surface area contributed by atoms with Crippen LogP contribution in [0.25, 0.3) is 0 Å². The maximum Gasteiger partial charge on any atom is 0.131 e. The van der Waals surface area contributed by atoms with Crippen molar-refractivity contribution in [2.45, 2.75) is 26.3 Å². The zero-order valence-electron chi connectivity index (χ0n) is 11.5. The van der Waals surface area contributed by atoms with Gasteiger partial charge in [0.15, 0.2) is 0 Å². The summed E-state index contributed by atoms with van der Waals surface area (Å²) in [6.07, 6.45) is 0.